The molecule has 0 radical (unpaired) electrons. The van der Waals surface area contributed by atoms with Crippen molar-refractivity contribution in [3.05, 3.63) is 58.9 Å². The van der Waals surface area contributed by atoms with E-state index in [0.29, 0.717) is 22.0 Å². The molecule has 1 unspecified atom stereocenters. The second-order valence-electron chi connectivity index (χ2n) is 7.37. The third-order valence-electron chi connectivity index (χ3n) is 4.23. The molecule has 1 atom stereocenters. The van der Waals surface area contributed by atoms with Crippen molar-refractivity contribution in [1.29, 1.82) is 0 Å². The number of carbonyl (C=O) groups is 1. The first kappa shape index (κ1) is 23.6. The van der Waals surface area contributed by atoms with Crippen molar-refractivity contribution in [2.75, 3.05) is 14.1 Å². The standard InChI is InChI=1S/C21H22F3N5O2S/c1-13(30)26-18(10-16-8-7-14(11-25-16)12-29(2)3)20-28-27-19(32-20)15-5-4-6-17(9-15)31-21(22,23)24/h4-9,11,18H,10,12H2,1-3H3,(H,26,30). The predicted molar refractivity (Wildman–Crippen MR) is 114 cm³/mol. The van der Waals surface area contributed by atoms with Gasteiger partial charge in [0, 0.05) is 37.3 Å². The maximum absolute atomic E-state index is 12.5. The van der Waals surface area contributed by atoms with E-state index in [2.05, 4.69) is 25.2 Å². The highest BCUT2D eigenvalue weighted by atomic mass is 32.1. The van der Waals surface area contributed by atoms with Crippen LogP contribution in [0.4, 0.5) is 13.2 Å². The zero-order chi connectivity index (χ0) is 23.3. The molecule has 3 rings (SSSR count). The molecule has 0 aliphatic carbocycles. The van der Waals surface area contributed by atoms with Gasteiger partial charge < -0.3 is 15.0 Å². The Morgan fingerprint density at radius 1 is 1.22 bits per heavy atom. The maximum atomic E-state index is 12.5. The zero-order valence-electron chi connectivity index (χ0n) is 17.7. The summed E-state index contributed by atoms with van der Waals surface area (Å²) in [5.41, 5.74) is 2.26. The largest absolute Gasteiger partial charge is 0.573 e. The highest BCUT2D eigenvalue weighted by molar-refractivity contribution is 7.14. The van der Waals surface area contributed by atoms with Gasteiger partial charge in [0.05, 0.1) is 6.04 Å². The maximum Gasteiger partial charge on any atom is 0.573 e. The summed E-state index contributed by atoms with van der Waals surface area (Å²) in [6, 6.07) is 8.92. The molecule has 0 aliphatic heterocycles. The number of hydrogen-bond donors (Lipinski definition) is 1. The van der Waals surface area contributed by atoms with Crippen molar-refractivity contribution in [1.82, 2.24) is 25.4 Å². The fourth-order valence-electron chi connectivity index (χ4n) is 3.01. The molecule has 32 heavy (non-hydrogen) atoms. The van der Waals surface area contributed by atoms with Crippen LogP contribution in [0.2, 0.25) is 0 Å². The van der Waals surface area contributed by atoms with Gasteiger partial charge in [-0.2, -0.15) is 0 Å². The number of rotatable bonds is 8. The Morgan fingerprint density at radius 3 is 2.62 bits per heavy atom. The molecule has 0 bridgehead atoms. The average Bonchev–Trinajstić information content (AvgIpc) is 3.17. The summed E-state index contributed by atoms with van der Waals surface area (Å²) >= 11 is 1.19. The molecule has 2 aromatic heterocycles. The van der Waals surface area contributed by atoms with Crippen molar-refractivity contribution in [2.24, 2.45) is 0 Å². The Bertz CT molecular complexity index is 1050. The number of carbonyl (C=O) groups excluding carboxylic acids is 1. The summed E-state index contributed by atoms with van der Waals surface area (Å²) in [6.07, 6.45) is -2.60. The van der Waals surface area contributed by atoms with Crippen molar-refractivity contribution in [3.63, 3.8) is 0 Å². The van der Waals surface area contributed by atoms with Gasteiger partial charge >= 0.3 is 6.36 Å². The quantitative estimate of drug-likeness (QED) is 0.542. The molecule has 0 fully saturated rings. The number of ether oxygens (including phenoxy) is 1. The van der Waals surface area contributed by atoms with E-state index >= 15 is 0 Å². The molecule has 1 aromatic carbocycles. The molecule has 0 saturated heterocycles. The van der Waals surface area contributed by atoms with Gasteiger partial charge in [-0.3, -0.25) is 9.78 Å². The van der Waals surface area contributed by atoms with Gasteiger partial charge in [-0.25, -0.2) is 0 Å². The summed E-state index contributed by atoms with van der Waals surface area (Å²) in [4.78, 5) is 18.3. The normalized spacial score (nSPS) is 12.6. The SMILES string of the molecule is CC(=O)NC(Cc1ccc(CN(C)C)cn1)c1nnc(-c2cccc(OC(F)(F)F)c2)s1. The van der Waals surface area contributed by atoms with Crippen LogP contribution >= 0.6 is 11.3 Å². The van der Waals surface area contributed by atoms with E-state index in [4.69, 9.17) is 0 Å². The first-order valence-electron chi connectivity index (χ1n) is 9.64. The summed E-state index contributed by atoms with van der Waals surface area (Å²) in [5.74, 6) is -0.580. The lowest BCUT2D eigenvalue weighted by atomic mass is 10.1. The summed E-state index contributed by atoms with van der Waals surface area (Å²) in [5, 5.41) is 12.0. The lowest BCUT2D eigenvalue weighted by molar-refractivity contribution is -0.274. The highest BCUT2D eigenvalue weighted by Crippen LogP contribution is 2.32. The minimum absolute atomic E-state index is 0.239. The van der Waals surface area contributed by atoms with E-state index < -0.39 is 12.4 Å². The number of alkyl halides is 3. The van der Waals surface area contributed by atoms with Gasteiger partial charge in [0.2, 0.25) is 5.91 Å². The van der Waals surface area contributed by atoms with Crippen LogP contribution in [0, 0.1) is 0 Å². The lowest BCUT2D eigenvalue weighted by Crippen LogP contribution is -2.28. The van der Waals surface area contributed by atoms with E-state index in [1.807, 2.05) is 31.1 Å². The summed E-state index contributed by atoms with van der Waals surface area (Å²) in [7, 11) is 3.94. The minimum atomic E-state index is -4.78. The van der Waals surface area contributed by atoms with E-state index in [1.165, 1.54) is 36.5 Å². The first-order chi connectivity index (χ1) is 15.1. The molecule has 0 saturated carbocycles. The molecular weight excluding hydrogens is 443 g/mol. The van der Waals surface area contributed by atoms with Crippen LogP contribution in [0.1, 0.15) is 29.2 Å². The van der Waals surface area contributed by atoms with Crippen molar-refractivity contribution in [3.8, 4) is 16.3 Å². The molecule has 3 aromatic rings. The Hall–Kier alpha value is -3.05. The van der Waals surface area contributed by atoms with Crippen molar-refractivity contribution in [2.45, 2.75) is 32.3 Å². The zero-order valence-corrected chi connectivity index (χ0v) is 18.5. The Labute approximate surface area is 187 Å². The van der Waals surface area contributed by atoms with E-state index in [1.54, 1.807) is 12.3 Å². The molecule has 7 nitrogen and oxygen atoms in total. The third kappa shape index (κ3) is 6.99. The molecule has 2 heterocycles. The Kier molecular flexibility index (Phi) is 7.41. The third-order valence-corrected chi connectivity index (χ3v) is 5.31. The molecule has 0 aliphatic rings. The van der Waals surface area contributed by atoms with Crippen LogP contribution in [0.3, 0.4) is 0 Å². The van der Waals surface area contributed by atoms with E-state index in [0.717, 1.165) is 17.8 Å². The van der Waals surface area contributed by atoms with Gasteiger partial charge in [-0.1, -0.05) is 29.5 Å². The molecule has 1 amide bonds. The van der Waals surface area contributed by atoms with Crippen molar-refractivity contribution >= 4 is 17.2 Å². The fourth-order valence-corrected chi connectivity index (χ4v) is 3.90. The lowest BCUT2D eigenvalue weighted by Gasteiger charge is -2.15. The molecule has 0 spiro atoms. The van der Waals surface area contributed by atoms with Gasteiger partial charge in [-0.15, -0.1) is 23.4 Å². The number of nitrogens with zero attached hydrogens (tertiary/aromatic N) is 4. The number of halogens is 3. The molecular formula is C21H22F3N5O2S. The first-order valence-corrected chi connectivity index (χ1v) is 10.5. The van der Waals surface area contributed by atoms with Gasteiger partial charge in [0.1, 0.15) is 15.8 Å². The molecule has 1 N–H and O–H groups in total. The van der Waals surface area contributed by atoms with Crippen LogP contribution in [-0.4, -0.2) is 46.4 Å². The van der Waals surface area contributed by atoms with Crippen LogP contribution in [0.25, 0.3) is 10.6 Å². The van der Waals surface area contributed by atoms with Crippen LogP contribution in [-0.2, 0) is 17.8 Å². The Balaban J connectivity index is 1.80. The molecule has 170 valence electrons. The summed E-state index contributed by atoms with van der Waals surface area (Å²) in [6.45, 7) is 2.17. The van der Waals surface area contributed by atoms with Crippen LogP contribution < -0.4 is 10.1 Å². The number of hydrogen-bond acceptors (Lipinski definition) is 7. The second-order valence-corrected chi connectivity index (χ2v) is 8.38. The second kappa shape index (κ2) is 10.0. The van der Waals surface area contributed by atoms with E-state index in [9.17, 15) is 18.0 Å². The number of aromatic nitrogens is 3. The van der Waals surface area contributed by atoms with Crippen molar-refractivity contribution < 1.29 is 22.7 Å². The van der Waals surface area contributed by atoms with Gasteiger partial charge in [0.15, 0.2) is 0 Å². The van der Waals surface area contributed by atoms with Crippen LogP contribution in [0.15, 0.2) is 42.6 Å². The Morgan fingerprint density at radius 2 is 2.00 bits per heavy atom. The topological polar surface area (TPSA) is 80.2 Å². The highest BCUT2D eigenvalue weighted by Gasteiger charge is 2.31. The number of pyridine rings is 1. The number of amides is 1. The number of benzene rings is 1. The van der Waals surface area contributed by atoms with Crippen LogP contribution in [0.5, 0.6) is 5.75 Å². The monoisotopic (exact) mass is 465 g/mol. The summed E-state index contributed by atoms with van der Waals surface area (Å²) < 4.78 is 41.5. The fraction of sp³-hybridized carbons (Fsp3) is 0.333. The van der Waals surface area contributed by atoms with Gasteiger partial charge in [-0.05, 0) is 37.9 Å². The minimum Gasteiger partial charge on any atom is -0.406 e. The van der Waals surface area contributed by atoms with E-state index in [-0.39, 0.29) is 11.7 Å². The van der Waals surface area contributed by atoms with Gasteiger partial charge in [0.25, 0.3) is 0 Å². The smallest absolute Gasteiger partial charge is 0.406 e. The predicted octanol–water partition coefficient (Wildman–Crippen LogP) is 3.98. The average molecular weight is 466 g/mol. The number of nitrogens with one attached hydrogen (secondary N) is 1. The molecule has 11 heteroatoms.